The number of dihydropyridines is 1. The summed E-state index contributed by atoms with van der Waals surface area (Å²) in [6, 6.07) is 15.9. The molecule has 13 atom stereocenters. The van der Waals surface area contributed by atoms with E-state index in [0.717, 1.165) is 23.3 Å². The fraction of sp³-hybridized carbons (Fsp3) is 0.345. The number of H-pyrrole nitrogens is 1. The van der Waals surface area contributed by atoms with Crippen LogP contribution in [0.2, 0.25) is 0 Å². The average Bonchev–Trinajstić information content (AvgIpc) is 4.24. The zero-order valence-corrected chi connectivity index (χ0v) is 40.9. The van der Waals surface area contributed by atoms with Gasteiger partial charge in [0.2, 0.25) is 18.3 Å². The summed E-state index contributed by atoms with van der Waals surface area (Å²) in [4.78, 5) is 30.8. The first-order valence-corrected chi connectivity index (χ1v) is 25.1. The number of allylic oxidation sites excluding steroid dienone is 4. The van der Waals surface area contributed by atoms with Gasteiger partial charge in [0.05, 0.1) is 17.8 Å². The van der Waals surface area contributed by atoms with Crippen molar-refractivity contribution in [1.82, 2.24) is 20.9 Å². The van der Waals surface area contributed by atoms with Gasteiger partial charge in [-0.1, -0.05) is 36.4 Å². The molecule has 2 aromatic heterocycles. The molecule has 5 aromatic rings. The maximum atomic E-state index is 14.2. The Morgan fingerprint density at radius 3 is 2.44 bits per heavy atom. The molecule has 2 bridgehead atoms. The highest BCUT2D eigenvalue weighted by atomic mass is 16.7. The quantitative estimate of drug-likeness (QED) is 0.0588. The predicted molar refractivity (Wildman–Crippen MR) is 272 cm³/mol. The number of hydrogen-bond donors (Lipinski definition) is 15. The smallest absolute Gasteiger partial charge is 0.336 e. The molecule has 22 heteroatoms. The van der Waals surface area contributed by atoms with Crippen LogP contribution in [-0.2, 0) is 9.53 Å². The van der Waals surface area contributed by atoms with Crippen LogP contribution >= 0.6 is 0 Å². The number of nitrogens with two attached hydrogens (primary N) is 2. The lowest BCUT2D eigenvalue weighted by atomic mass is 9.41. The van der Waals surface area contributed by atoms with E-state index in [1.165, 1.54) is 54.6 Å². The van der Waals surface area contributed by atoms with E-state index in [9.17, 15) is 55.5 Å². The lowest BCUT2D eigenvalue weighted by Crippen LogP contribution is -2.84. The molecular weight excluding hydrogens is 1000 g/mol. The molecule has 4 aliphatic carbocycles. The number of phenolic OH excluding ortho intramolecular Hbond substituents is 2. The SMILES string of the molecule is NC1=CC2=C(C=CC3CCC4C=CC5(C6CNCN6)C(=CC6(O)C(Oc7cc8oc(-c9ccc(OC(CO)C(O)c%10ccc(N)[nH]%10)cc9)cc(=O)c8c(O)c7OC(O)c7cccc(O)c7)OC(C(=O)O)C5(O)C6O)C234)CN1. The Morgan fingerprint density at radius 1 is 0.961 bits per heavy atom. The van der Waals surface area contributed by atoms with Crippen molar-refractivity contribution in [1.29, 1.82) is 0 Å². The number of nitrogens with one attached hydrogen (secondary N) is 4. The number of carboxylic acids is 1. The molecule has 2 saturated heterocycles. The number of nitrogen functional groups attached to an aromatic ring is 1. The third kappa shape index (κ3) is 7.42. The van der Waals surface area contributed by atoms with Crippen LogP contribution in [0.25, 0.3) is 22.3 Å². The Hall–Kier alpha value is -7.64. The fourth-order valence-corrected chi connectivity index (χ4v) is 13.2. The molecule has 7 aliphatic rings. The number of fused-ring (bicyclic) bond motifs is 5. The first-order chi connectivity index (χ1) is 36.9. The lowest BCUT2D eigenvalue weighted by molar-refractivity contribution is -0.355. The van der Waals surface area contributed by atoms with Crippen molar-refractivity contribution >= 4 is 22.8 Å². The van der Waals surface area contributed by atoms with Crippen molar-refractivity contribution in [2.45, 2.75) is 67.1 Å². The van der Waals surface area contributed by atoms with Crippen molar-refractivity contribution in [3.8, 4) is 40.1 Å². The largest absolute Gasteiger partial charge is 0.508 e. The van der Waals surface area contributed by atoms with Crippen molar-refractivity contribution in [3.05, 3.63) is 153 Å². The third-order valence-electron chi connectivity index (χ3n) is 16.6. The van der Waals surface area contributed by atoms with Gasteiger partial charge in [-0.05, 0) is 102 Å². The molecule has 3 aromatic carbocycles. The molecule has 5 heterocycles. The van der Waals surface area contributed by atoms with Crippen molar-refractivity contribution in [2.75, 3.05) is 32.1 Å². The molecule has 402 valence electrons. The van der Waals surface area contributed by atoms with E-state index in [1.54, 1.807) is 18.2 Å². The number of anilines is 1. The second-order valence-electron chi connectivity index (χ2n) is 20.6. The van der Waals surface area contributed by atoms with Crippen LogP contribution in [0.4, 0.5) is 5.82 Å². The zero-order valence-electron chi connectivity index (χ0n) is 40.9. The molecule has 17 N–H and O–H groups in total. The highest BCUT2D eigenvalue weighted by Crippen LogP contribution is 2.72. The molecule has 13 unspecified atom stereocenters. The Kier molecular flexibility index (Phi) is 11.9. The van der Waals surface area contributed by atoms with Gasteiger partial charge in [-0.3, -0.25) is 10.1 Å². The monoisotopic (exact) mass is 1060 g/mol. The van der Waals surface area contributed by atoms with Crippen LogP contribution in [0.5, 0.6) is 28.7 Å². The highest BCUT2D eigenvalue weighted by molar-refractivity contribution is 5.90. The van der Waals surface area contributed by atoms with Gasteiger partial charge in [-0.15, -0.1) is 0 Å². The van der Waals surface area contributed by atoms with Crippen molar-refractivity contribution in [2.24, 2.45) is 28.4 Å². The van der Waals surface area contributed by atoms with Crippen LogP contribution in [0.15, 0.2) is 141 Å². The molecule has 3 aliphatic heterocycles. The first kappa shape index (κ1) is 50.2. The molecule has 0 radical (unpaired) electrons. The van der Waals surface area contributed by atoms with Gasteiger partial charge >= 0.3 is 5.97 Å². The second-order valence-corrected chi connectivity index (χ2v) is 20.6. The highest BCUT2D eigenvalue weighted by Gasteiger charge is 2.80. The number of benzene rings is 3. The molecule has 1 saturated carbocycles. The normalized spacial score (nSPS) is 31.9. The number of aromatic amines is 1. The number of aromatic nitrogens is 1. The number of carbonyl (C=O) groups is 1. The maximum absolute atomic E-state index is 14.2. The minimum atomic E-state index is -2.84. The maximum Gasteiger partial charge on any atom is 0.336 e. The summed E-state index contributed by atoms with van der Waals surface area (Å²) in [7, 11) is 0. The van der Waals surface area contributed by atoms with E-state index >= 15 is 0 Å². The Bertz CT molecular complexity index is 3440. The van der Waals surface area contributed by atoms with Crippen LogP contribution < -0.4 is 47.1 Å². The number of aliphatic hydroxyl groups is 6. The number of phenols is 2. The summed E-state index contributed by atoms with van der Waals surface area (Å²) in [6.07, 6.45) is 1.01. The molecule has 77 heavy (non-hydrogen) atoms. The number of aliphatic hydroxyl groups excluding tert-OH is 4. The summed E-state index contributed by atoms with van der Waals surface area (Å²) in [5.74, 6) is -3.93. The number of aliphatic carboxylic acids is 1. The molecule has 1 spiro atoms. The lowest BCUT2D eigenvalue weighted by Gasteiger charge is -2.67. The Labute approximate surface area is 437 Å². The summed E-state index contributed by atoms with van der Waals surface area (Å²) < 4.78 is 30.9. The van der Waals surface area contributed by atoms with E-state index in [-0.39, 0.29) is 53.5 Å². The minimum absolute atomic E-state index is 0.0190. The fourth-order valence-electron chi connectivity index (χ4n) is 13.2. The predicted octanol–water partition coefficient (Wildman–Crippen LogP) is 1.63. The van der Waals surface area contributed by atoms with Gasteiger partial charge in [-0.25, -0.2) is 4.79 Å². The van der Waals surface area contributed by atoms with Gasteiger partial charge in [0.1, 0.15) is 51.9 Å². The molecule has 3 fully saturated rings. The van der Waals surface area contributed by atoms with E-state index in [1.807, 2.05) is 18.2 Å². The number of ether oxygens (including phenoxy) is 4. The van der Waals surface area contributed by atoms with E-state index in [4.69, 9.17) is 34.8 Å². The summed E-state index contributed by atoms with van der Waals surface area (Å²) in [5.41, 5.74) is 5.30. The van der Waals surface area contributed by atoms with Crippen LogP contribution in [-0.4, -0.2) is 125 Å². The third-order valence-corrected chi connectivity index (χ3v) is 16.6. The van der Waals surface area contributed by atoms with E-state index < -0.39 is 106 Å². The van der Waals surface area contributed by atoms with Crippen LogP contribution in [0, 0.1) is 22.7 Å². The number of aromatic hydroxyl groups is 2. The molecule has 0 amide bonds. The number of hydrogen-bond acceptors (Lipinski definition) is 20. The standard InChI is InChI=1S/C55H56N6O16/c56-41-13-12-33(61-41)44(65)38(23-62)73-31-10-5-25(6-11-31)35-18-34(64)43-36(74-35)19-37(46(45(43)66)76-49(69)26-2-1-3-30(63)16-26)75-51-53(71)20-39-52(40-22-58-24-60-40,55(72,50(53)70)47(77-51)48(67)68)15-14-29-9-8-28-7-4-27-21-59-42(57)17-32(27)54(28,29)39/h1-7,10-20,28-29,38,40,44,47,49-51,58-63,65-66,69-72H,8-9,21-24,56-57H2,(H,67,68). The summed E-state index contributed by atoms with van der Waals surface area (Å²) in [6.45, 7) is 0.256. The summed E-state index contributed by atoms with van der Waals surface area (Å²) >= 11 is 0. The Balaban J connectivity index is 0.998. The van der Waals surface area contributed by atoms with Crippen molar-refractivity contribution < 1.29 is 74.1 Å². The van der Waals surface area contributed by atoms with Gasteiger partial charge in [0, 0.05) is 60.2 Å². The second kappa shape index (κ2) is 18.3. The van der Waals surface area contributed by atoms with E-state index in [2.05, 4.69) is 27.0 Å². The molecular formula is C55H56N6O16. The molecule has 22 nitrogen and oxygen atoms in total. The average molecular weight is 1060 g/mol. The summed E-state index contributed by atoms with van der Waals surface area (Å²) in [5, 5.41) is 115. The van der Waals surface area contributed by atoms with Gasteiger partial charge in [0.25, 0.3) is 0 Å². The van der Waals surface area contributed by atoms with Crippen LogP contribution in [0.3, 0.4) is 0 Å². The first-order valence-electron chi connectivity index (χ1n) is 25.1. The molecule has 12 rings (SSSR count). The van der Waals surface area contributed by atoms with E-state index in [0.29, 0.717) is 47.9 Å². The van der Waals surface area contributed by atoms with Crippen molar-refractivity contribution in [3.63, 3.8) is 0 Å². The number of rotatable bonds is 13. The van der Waals surface area contributed by atoms with Gasteiger partial charge < -0.3 is 96.4 Å². The Morgan fingerprint density at radius 2 is 1.74 bits per heavy atom. The minimum Gasteiger partial charge on any atom is -0.508 e. The van der Waals surface area contributed by atoms with Gasteiger partial charge in [-0.2, -0.15) is 0 Å². The zero-order chi connectivity index (χ0) is 53.9. The topological polar surface area (TPSA) is 370 Å². The van der Waals surface area contributed by atoms with Crippen LogP contribution in [0.1, 0.15) is 36.5 Å². The van der Waals surface area contributed by atoms with Gasteiger partial charge in [0.15, 0.2) is 34.7 Å². The number of carboxylic acid groups (broad SMARTS) is 1.